The summed E-state index contributed by atoms with van der Waals surface area (Å²) < 4.78 is 5.11. The second-order valence-corrected chi connectivity index (χ2v) is 1.84. The van der Waals surface area contributed by atoms with Crippen LogP contribution in [0.2, 0.25) is 0 Å². The third-order valence-electron chi connectivity index (χ3n) is 1.25. The maximum Gasteiger partial charge on any atom is 0.0714 e. The van der Waals surface area contributed by atoms with Gasteiger partial charge in [0.2, 0.25) is 0 Å². The number of ether oxygens (including phenoxy) is 1. The van der Waals surface area contributed by atoms with Crippen LogP contribution in [-0.4, -0.2) is 19.3 Å². The van der Waals surface area contributed by atoms with Crippen LogP contribution in [0, 0.1) is 0 Å². The van der Waals surface area contributed by atoms with Crippen molar-refractivity contribution in [3.05, 3.63) is 0 Å². The van der Waals surface area contributed by atoms with Gasteiger partial charge in [-0.1, -0.05) is 0 Å². The Labute approximate surface area is 43.6 Å². The third-order valence-corrected chi connectivity index (χ3v) is 1.25. The minimum absolute atomic E-state index is 0.264. The molecule has 0 aromatic rings. The highest BCUT2D eigenvalue weighted by Gasteiger charge is 2.12. The maximum absolute atomic E-state index is 6.87. The lowest BCUT2D eigenvalue weighted by Crippen LogP contribution is -2.10. The number of hydrogen-bond acceptors (Lipinski definition) is 1. The first-order valence-corrected chi connectivity index (χ1v) is 2.69. The Hall–Kier alpha value is -0.0800. The van der Waals surface area contributed by atoms with Crippen LogP contribution < -0.4 is 5.73 Å². The highest BCUT2D eigenvalue weighted by molar-refractivity contribution is 4.63. The smallest absolute Gasteiger partial charge is 0.0714 e. The first-order valence-electron chi connectivity index (χ1n) is 2.69. The summed E-state index contributed by atoms with van der Waals surface area (Å²) in [7, 11) is 0. The molecule has 7 heavy (non-hydrogen) atoms. The fraction of sp³-hybridized carbons (Fsp3) is 1.00. The van der Waals surface area contributed by atoms with E-state index in [9.17, 15) is 0 Å². The van der Waals surface area contributed by atoms with Crippen LogP contribution in [0.3, 0.4) is 0 Å². The lowest BCUT2D eigenvalue weighted by Gasteiger charge is -2.00. The van der Waals surface area contributed by atoms with Crippen molar-refractivity contribution in [3.8, 4) is 0 Å². The van der Waals surface area contributed by atoms with E-state index in [1.807, 2.05) is 0 Å². The quantitative estimate of drug-likeness (QED) is 0.471. The van der Waals surface area contributed by atoms with E-state index in [2.05, 4.69) is 0 Å². The molecular formula is C5H10NO. The normalized spacial score (nSPS) is 31.3. The number of nitrogens with one attached hydrogen (secondary N) is 1. The molecule has 41 valence electrons. The zero-order valence-electron chi connectivity index (χ0n) is 4.31. The molecule has 1 aliphatic rings. The van der Waals surface area contributed by atoms with Gasteiger partial charge in [-0.15, -0.1) is 0 Å². The monoisotopic (exact) mass is 100 g/mol. The molecule has 1 heterocycles. The first kappa shape index (κ1) is 5.06. The summed E-state index contributed by atoms with van der Waals surface area (Å²) in [6.07, 6.45) is 2.52. The van der Waals surface area contributed by atoms with Crippen LogP contribution in [0.1, 0.15) is 12.8 Å². The summed E-state index contributed by atoms with van der Waals surface area (Å²) in [5.41, 5.74) is 6.87. The summed E-state index contributed by atoms with van der Waals surface area (Å²) >= 11 is 0. The molecule has 0 unspecified atom stereocenters. The van der Waals surface area contributed by atoms with Gasteiger partial charge >= 0.3 is 0 Å². The van der Waals surface area contributed by atoms with Crippen LogP contribution in [0.4, 0.5) is 0 Å². The van der Waals surface area contributed by atoms with Crippen LogP contribution in [0.25, 0.3) is 0 Å². The Bertz CT molecular complexity index is 50.0. The summed E-state index contributed by atoms with van der Waals surface area (Å²) in [5.74, 6) is 0. The van der Waals surface area contributed by atoms with E-state index in [0.29, 0.717) is 6.54 Å². The molecule has 0 amide bonds. The van der Waals surface area contributed by atoms with Gasteiger partial charge in [0, 0.05) is 13.2 Å². The van der Waals surface area contributed by atoms with Crippen molar-refractivity contribution in [1.82, 2.24) is 5.73 Å². The SMILES string of the molecule is [NH]C[C@H]1CCCO1. The van der Waals surface area contributed by atoms with Gasteiger partial charge in [-0.05, 0) is 12.8 Å². The van der Waals surface area contributed by atoms with Crippen molar-refractivity contribution >= 4 is 0 Å². The van der Waals surface area contributed by atoms with Gasteiger partial charge in [0.05, 0.1) is 6.10 Å². The van der Waals surface area contributed by atoms with Crippen LogP contribution in [0.5, 0.6) is 0 Å². The fourth-order valence-corrected chi connectivity index (χ4v) is 0.805. The summed E-state index contributed by atoms with van der Waals surface area (Å²) in [5, 5.41) is 0. The summed E-state index contributed by atoms with van der Waals surface area (Å²) in [4.78, 5) is 0. The van der Waals surface area contributed by atoms with Crippen LogP contribution in [-0.2, 0) is 4.74 Å². The highest BCUT2D eigenvalue weighted by Crippen LogP contribution is 2.09. The van der Waals surface area contributed by atoms with Crippen molar-refractivity contribution in [1.29, 1.82) is 0 Å². The first-order chi connectivity index (χ1) is 3.43. The maximum atomic E-state index is 6.87. The van der Waals surface area contributed by atoms with Gasteiger partial charge in [0.25, 0.3) is 0 Å². The van der Waals surface area contributed by atoms with Crippen LogP contribution >= 0.6 is 0 Å². The number of rotatable bonds is 1. The molecule has 1 saturated heterocycles. The Morgan fingerprint density at radius 1 is 1.71 bits per heavy atom. The third kappa shape index (κ3) is 1.14. The summed E-state index contributed by atoms with van der Waals surface area (Å²) in [6, 6.07) is 0. The van der Waals surface area contributed by atoms with E-state index in [0.717, 1.165) is 19.4 Å². The molecule has 1 fully saturated rings. The molecular weight excluding hydrogens is 90.1 g/mol. The molecule has 0 aromatic heterocycles. The zero-order valence-corrected chi connectivity index (χ0v) is 4.31. The second kappa shape index (κ2) is 2.28. The largest absolute Gasteiger partial charge is 0.377 e. The van der Waals surface area contributed by atoms with Crippen molar-refractivity contribution < 1.29 is 4.74 Å². The molecule has 1 rings (SSSR count). The lowest BCUT2D eigenvalue weighted by atomic mass is 10.2. The van der Waals surface area contributed by atoms with Gasteiger partial charge in [0.1, 0.15) is 0 Å². The molecule has 0 aliphatic carbocycles. The molecule has 0 aromatic carbocycles. The molecule has 1 N–H and O–H groups in total. The van der Waals surface area contributed by atoms with E-state index >= 15 is 0 Å². The molecule has 1 aliphatic heterocycles. The minimum Gasteiger partial charge on any atom is -0.377 e. The van der Waals surface area contributed by atoms with Gasteiger partial charge in [-0.25, -0.2) is 0 Å². The van der Waals surface area contributed by atoms with E-state index < -0.39 is 0 Å². The predicted molar refractivity (Wildman–Crippen MR) is 26.9 cm³/mol. The van der Waals surface area contributed by atoms with Gasteiger partial charge in [0.15, 0.2) is 0 Å². The molecule has 0 saturated carbocycles. The Balaban J connectivity index is 2.14. The molecule has 0 spiro atoms. The van der Waals surface area contributed by atoms with Crippen LogP contribution in [0.15, 0.2) is 0 Å². The topological polar surface area (TPSA) is 33.0 Å². The van der Waals surface area contributed by atoms with Crippen molar-refractivity contribution in [2.45, 2.75) is 18.9 Å². The molecule has 2 nitrogen and oxygen atoms in total. The lowest BCUT2D eigenvalue weighted by molar-refractivity contribution is 0.116. The number of hydrogen-bond donors (Lipinski definition) is 0. The van der Waals surface area contributed by atoms with Gasteiger partial charge in [-0.2, -0.15) is 0 Å². The molecule has 1 atom stereocenters. The van der Waals surface area contributed by atoms with Crippen molar-refractivity contribution in [2.24, 2.45) is 0 Å². The van der Waals surface area contributed by atoms with E-state index in [1.165, 1.54) is 0 Å². The molecule has 0 bridgehead atoms. The van der Waals surface area contributed by atoms with E-state index in [-0.39, 0.29) is 6.10 Å². The Kier molecular flexibility index (Phi) is 1.65. The van der Waals surface area contributed by atoms with Crippen molar-refractivity contribution in [2.75, 3.05) is 13.2 Å². The second-order valence-electron chi connectivity index (χ2n) is 1.84. The standard InChI is InChI=1S/C5H10NO/c6-4-5-2-1-3-7-5/h5-6H,1-4H2/t5-/m1/s1. The fourth-order valence-electron chi connectivity index (χ4n) is 0.805. The van der Waals surface area contributed by atoms with Crippen molar-refractivity contribution in [3.63, 3.8) is 0 Å². The highest BCUT2D eigenvalue weighted by atomic mass is 16.5. The molecule has 1 radical (unpaired) electrons. The predicted octanol–water partition coefficient (Wildman–Crippen LogP) is 0.448. The van der Waals surface area contributed by atoms with E-state index in [1.54, 1.807) is 0 Å². The average Bonchev–Trinajstić information content (AvgIpc) is 2.14. The Morgan fingerprint density at radius 3 is 2.86 bits per heavy atom. The average molecular weight is 100 g/mol. The zero-order chi connectivity index (χ0) is 5.11. The van der Waals surface area contributed by atoms with Gasteiger partial charge in [-0.3, -0.25) is 5.73 Å². The Morgan fingerprint density at radius 2 is 2.57 bits per heavy atom. The van der Waals surface area contributed by atoms with Gasteiger partial charge < -0.3 is 4.74 Å². The summed E-state index contributed by atoms with van der Waals surface area (Å²) in [6.45, 7) is 1.32. The van der Waals surface area contributed by atoms with E-state index in [4.69, 9.17) is 10.5 Å². The molecule has 2 heteroatoms. The minimum atomic E-state index is 0.264.